The SMILES string of the molecule is CC1CCN(S(=O)(=O)CCc2ccccc2)CC1O. The highest BCUT2D eigenvalue weighted by molar-refractivity contribution is 7.89. The summed E-state index contributed by atoms with van der Waals surface area (Å²) in [6.45, 7) is 2.71. The van der Waals surface area contributed by atoms with Crippen LogP contribution in [0.1, 0.15) is 18.9 Å². The molecule has 0 radical (unpaired) electrons. The van der Waals surface area contributed by atoms with E-state index in [-0.39, 0.29) is 18.2 Å². The standard InChI is InChI=1S/C14H21NO3S/c1-12-7-9-15(11-14(12)16)19(17,18)10-8-13-5-3-2-4-6-13/h2-6,12,14,16H,7-11H2,1H3. The first-order valence-electron chi connectivity index (χ1n) is 6.69. The third kappa shape index (κ3) is 3.78. The number of sulfonamides is 1. The molecule has 1 saturated heterocycles. The van der Waals surface area contributed by atoms with E-state index in [1.807, 2.05) is 37.3 Å². The van der Waals surface area contributed by atoms with Crippen molar-refractivity contribution in [3.63, 3.8) is 0 Å². The monoisotopic (exact) mass is 283 g/mol. The number of hydrogen-bond acceptors (Lipinski definition) is 3. The van der Waals surface area contributed by atoms with Crippen molar-refractivity contribution in [3.8, 4) is 0 Å². The number of rotatable bonds is 4. The quantitative estimate of drug-likeness (QED) is 0.905. The van der Waals surface area contributed by atoms with Gasteiger partial charge in [0.1, 0.15) is 0 Å². The van der Waals surface area contributed by atoms with E-state index in [0.29, 0.717) is 13.0 Å². The van der Waals surface area contributed by atoms with E-state index in [1.165, 1.54) is 4.31 Å². The molecule has 2 atom stereocenters. The van der Waals surface area contributed by atoms with Gasteiger partial charge >= 0.3 is 0 Å². The van der Waals surface area contributed by atoms with Crippen LogP contribution in [0.4, 0.5) is 0 Å². The predicted molar refractivity (Wildman–Crippen MR) is 75.3 cm³/mol. The molecule has 106 valence electrons. The summed E-state index contributed by atoms with van der Waals surface area (Å²) in [5.74, 6) is 0.290. The van der Waals surface area contributed by atoms with Crippen molar-refractivity contribution < 1.29 is 13.5 Å². The maximum Gasteiger partial charge on any atom is 0.214 e. The third-order valence-corrected chi connectivity index (χ3v) is 5.60. The van der Waals surface area contributed by atoms with Crippen LogP contribution in [-0.4, -0.2) is 42.8 Å². The zero-order valence-electron chi connectivity index (χ0n) is 11.2. The Bertz CT molecular complexity index is 501. The Kier molecular flexibility index (Phi) is 4.60. The Labute approximate surface area is 115 Å². The molecule has 0 bridgehead atoms. The number of aliphatic hydroxyl groups is 1. The van der Waals surface area contributed by atoms with E-state index in [4.69, 9.17) is 0 Å². The van der Waals surface area contributed by atoms with E-state index in [1.54, 1.807) is 0 Å². The topological polar surface area (TPSA) is 57.6 Å². The lowest BCUT2D eigenvalue weighted by atomic mass is 9.98. The molecule has 2 rings (SSSR count). The van der Waals surface area contributed by atoms with Crippen LogP contribution in [0, 0.1) is 5.92 Å². The summed E-state index contributed by atoms with van der Waals surface area (Å²) in [6.07, 6.45) is 0.706. The van der Waals surface area contributed by atoms with Gasteiger partial charge in [0, 0.05) is 13.1 Å². The van der Waals surface area contributed by atoms with Crippen LogP contribution in [0.15, 0.2) is 30.3 Å². The van der Waals surface area contributed by atoms with Gasteiger partial charge in [-0.1, -0.05) is 37.3 Å². The van der Waals surface area contributed by atoms with Crippen LogP contribution < -0.4 is 0 Å². The number of β-amino-alcohol motifs (C(OH)–C–C–N with tert-alkyl or cyclic N) is 1. The first-order valence-corrected chi connectivity index (χ1v) is 8.30. The molecule has 0 saturated carbocycles. The maximum absolute atomic E-state index is 12.2. The van der Waals surface area contributed by atoms with Gasteiger partial charge in [0.2, 0.25) is 10.0 Å². The van der Waals surface area contributed by atoms with Gasteiger partial charge in [0.05, 0.1) is 11.9 Å². The fourth-order valence-electron chi connectivity index (χ4n) is 2.29. The molecule has 19 heavy (non-hydrogen) atoms. The lowest BCUT2D eigenvalue weighted by Crippen LogP contribution is -2.46. The average Bonchev–Trinajstić information content (AvgIpc) is 2.41. The molecule has 0 amide bonds. The van der Waals surface area contributed by atoms with Crippen molar-refractivity contribution in [2.75, 3.05) is 18.8 Å². The lowest BCUT2D eigenvalue weighted by molar-refractivity contribution is 0.0605. The van der Waals surface area contributed by atoms with Crippen molar-refractivity contribution in [1.29, 1.82) is 0 Å². The largest absolute Gasteiger partial charge is 0.391 e. The Hall–Kier alpha value is -0.910. The van der Waals surface area contributed by atoms with Crippen molar-refractivity contribution in [2.45, 2.75) is 25.9 Å². The van der Waals surface area contributed by atoms with E-state index in [0.717, 1.165) is 12.0 Å². The molecule has 1 aliphatic rings. The van der Waals surface area contributed by atoms with Crippen molar-refractivity contribution in [3.05, 3.63) is 35.9 Å². The Balaban J connectivity index is 1.95. The number of hydrogen-bond donors (Lipinski definition) is 1. The minimum Gasteiger partial charge on any atom is -0.391 e. The normalized spacial score (nSPS) is 25.4. The molecular weight excluding hydrogens is 262 g/mol. The highest BCUT2D eigenvalue weighted by Crippen LogP contribution is 2.20. The van der Waals surface area contributed by atoms with Gasteiger partial charge in [0.25, 0.3) is 0 Å². The predicted octanol–water partition coefficient (Wildman–Crippen LogP) is 1.26. The zero-order valence-corrected chi connectivity index (χ0v) is 12.0. The summed E-state index contributed by atoms with van der Waals surface area (Å²) < 4.78 is 25.9. The van der Waals surface area contributed by atoms with Crippen molar-refractivity contribution in [1.82, 2.24) is 4.31 Å². The number of aryl methyl sites for hydroxylation is 1. The lowest BCUT2D eigenvalue weighted by Gasteiger charge is -2.33. The molecule has 2 unspecified atom stereocenters. The summed E-state index contributed by atoms with van der Waals surface area (Å²) in [5.41, 5.74) is 1.03. The Morgan fingerprint density at radius 2 is 2.00 bits per heavy atom. The molecule has 0 aromatic heterocycles. The third-order valence-electron chi connectivity index (χ3n) is 3.77. The van der Waals surface area contributed by atoms with Gasteiger partial charge in [-0.15, -0.1) is 0 Å². The van der Waals surface area contributed by atoms with Crippen LogP contribution in [0.2, 0.25) is 0 Å². The summed E-state index contributed by atoms with van der Waals surface area (Å²) >= 11 is 0. The molecule has 1 aromatic carbocycles. The molecule has 1 aliphatic heterocycles. The summed E-state index contributed by atoms with van der Waals surface area (Å²) in [5, 5.41) is 9.79. The van der Waals surface area contributed by atoms with Crippen LogP contribution in [0.25, 0.3) is 0 Å². The van der Waals surface area contributed by atoms with E-state index in [2.05, 4.69) is 0 Å². The van der Waals surface area contributed by atoms with E-state index in [9.17, 15) is 13.5 Å². The molecule has 1 heterocycles. The number of aliphatic hydroxyl groups excluding tert-OH is 1. The molecular formula is C14H21NO3S. The number of piperidine rings is 1. The Morgan fingerprint density at radius 3 is 2.63 bits per heavy atom. The molecule has 1 aromatic rings. The molecule has 0 spiro atoms. The molecule has 1 N–H and O–H groups in total. The van der Waals surface area contributed by atoms with Gasteiger partial charge in [0.15, 0.2) is 0 Å². The van der Waals surface area contributed by atoms with Crippen molar-refractivity contribution >= 4 is 10.0 Å². The van der Waals surface area contributed by atoms with Crippen LogP contribution >= 0.6 is 0 Å². The van der Waals surface area contributed by atoms with E-state index >= 15 is 0 Å². The second kappa shape index (κ2) is 6.03. The first kappa shape index (κ1) is 14.5. The second-order valence-corrected chi connectivity index (χ2v) is 7.33. The van der Waals surface area contributed by atoms with Crippen LogP contribution in [0.3, 0.4) is 0 Å². The summed E-state index contributed by atoms with van der Waals surface area (Å²) in [7, 11) is -3.26. The number of nitrogens with zero attached hydrogens (tertiary/aromatic N) is 1. The van der Waals surface area contributed by atoms with Gasteiger partial charge < -0.3 is 5.11 Å². The molecule has 1 fully saturated rings. The fourth-order valence-corrected chi connectivity index (χ4v) is 3.81. The van der Waals surface area contributed by atoms with E-state index < -0.39 is 16.1 Å². The maximum atomic E-state index is 12.2. The first-order chi connectivity index (χ1) is 8.99. The molecule has 0 aliphatic carbocycles. The van der Waals surface area contributed by atoms with Crippen LogP contribution in [0.5, 0.6) is 0 Å². The smallest absolute Gasteiger partial charge is 0.214 e. The zero-order chi connectivity index (χ0) is 13.9. The fraction of sp³-hybridized carbons (Fsp3) is 0.571. The molecule has 4 nitrogen and oxygen atoms in total. The minimum atomic E-state index is -3.26. The number of benzene rings is 1. The van der Waals surface area contributed by atoms with Crippen molar-refractivity contribution in [2.24, 2.45) is 5.92 Å². The van der Waals surface area contributed by atoms with Gasteiger partial charge in [-0.3, -0.25) is 0 Å². The van der Waals surface area contributed by atoms with Crippen LogP contribution in [-0.2, 0) is 16.4 Å². The Morgan fingerprint density at radius 1 is 1.32 bits per heavy atom. The molecule has 5 heteroatoms. The summed E-state index contributed by atoms with van der Waals surface area (Å²) in [6, 6.07) is 9.61. The van der Waals surface area contributed by atoms with Gasteiger partial charge in [-0.05, 0) is 24.3 Å². The van der Waals surface area contributed by atoms with Gasteiger partial charge in [-0.25, -0.2) is 8.42 Å². The van der Waals surface area contributed by atoms with Gasteiger partial charge in [-0.2, -0.15) is 4.31 Å². The second-order valence-electron chi connectivity index (χ2n) is 5.24. The highest BCUT2D eigenvalue weighted by atomic mass is 32.2. The summed E-state index contributed by atoms with van der Waals surface area (Å²) in [4.78, 5) is 0. The minimum absolute atomic E-state index is 0.109. The highest BCUT2D eigenvalue weighted by Gasteiger charge is 2.31. The average molecular weight is 283 g/mol.